The third-order valence-corrected chi connectivity index (χ3v) is 3.91. The van der Waals surface area contributed by atoms with Crippen molar-refractivity contribution >= 4 is 18.0 Å². The molecule has 0 aromatic heterocycles. The van der Waals surface area contributed by atoms with E-state index in [4.69, 9.17) is 4.74 Å². The lowest BCUT2D eigenvalue weighted by Gasteiger charge is -2.28. The molecule has 0 saturated heterocycles. The maximum atomic E-state index is 12.5. The molecule has 0 saturated carbocycles. The van der Waals surface area contributed by atoms with E-state index < -0.39 is 35.8 Å². The highest BCUT2D eigenvalue weighted by Gasteiger charge is 2.42. The van der Waals surface area contributed by atoms with Crippen LogP contribution in [0, 0.1) is 0 Å². The number of ether oxygens (including phenoxy) is 1. The lowest BCUT2D eigenvalue weighted by Crippen LogP contribution is -2.44. The molecule has 26 heavy (non-hydrogen) atoms. The van der Waals surface area contributed by atoms with E-state index in [-0.39, 0.29) is 13.0 Å². The number of amides is 2. The number of hydrogen-bond donors (Lipinski definition) is 3. The van der Waals surface area contributed by atoms with E-state index in [9.17, 15) is 24.6 Å². The van der Waals surface area contributed by atoms with Gasteiger partial charge in [-0.25, -0.2) is 9.59 Å². The largest absolute Gasteiger partial charge is 0.480 e. The molecule has 1 aromatic carbocycles. The van der Waals surface area contributed by atoms with Gasteiger partial charge in [0.1, 0.15) is 11.6 Å². The summed E-state index contributed by atoms with van der Waals surface area (Å²) in [5.74, 6) is -1.72. The number of alkyl carbamates (subject to hydrolysis) is 1. The Labute approximate surface area is 151 Å². The highest BCUT2D eigenvalue weighted by molar-refractivity contribution is 6.00. The number of nitrogens with zero attached hydrogens (tertiary/aromatic N) is 1. The zero-order valence-electron chi connectivity index (χ0n) is 15.1. The number of carboxylic acid groups (broad SMARTS) is 1. The Balaban J connectivity index is 1.95. The maximum Gasteiger partial charge on any atom is 0.407 e. The second-order valence-corrected chi connectivity index (χ2v) is 7.10. The predicted octanol–water partition coefficient (Wildman–Crippen LogP) is 1.89. The third-order valence-electron chi connectivity index (χ3n) is 3.91. The fourth-order valence-corrected chi connectivity index (χ4v) is 2.81. The molecule has 0 bridgehead atoms. The van der Waals surface area contributed by atoms with E-state index in [1.54, 1.807) is 45.0 Å². The number of hydrogen-bond acceptors (Lipinski definition) is 5. The summed E-state index contributed by atoms with van der Waals surface area (Å²) in [7, 11) is 0. The number of carbonyl (C=O) groups excluding carboxylic acids is 2. The highest BCUT2D eigenvalue weighted by Crippen LogP contribution is 2.34. The van der Waals surface area contributed by atoms with E-state index in [1.165, 1.54) is 0 Å². The molecule has 0 aliphatic carbocycles. The lowest BCUT2D eigenvalue weighted by atomic mass is 10.1. The lowest BCUT2D eigenvalue weighted by molar-refractivity contribution is -0.146. The summed E-state index contributed by atoms with van der Waals surface area (Å²) in [6.07, 6.45) is -1.49. The molecule has 1 aliphatic rings. The molecule has 0 spiro atoms. The fourth-order valence-electron chi connectivity index (χ4n) is 2.81. The van der Waals surface area contributed by atoms with Gasteiger partial charge in [0.05, 0.1) is 0 Å². The fraction of sp³-hybridized carbons (Fsp3) is 0.500. The summed E-state index contributed by atoms with van der Waals surface area (Å²) in [6, 6.07) is 5.31. The van der Waals surface area contributed by atoms with Crippen LogP contribution < -0.4 is 5.32 Å². The molecular weight excluding hydrogens is 340 g/mol. The van der Waals surface area contributed by atoms with Crippen LogP contribution in [0.5, 0.6) is 0 Å². The minimum absolute atomic E-state index is 0.0852. The molecule has 2 amide bonds. The number of fused-ring (bicyclic) bond motifs is 1. The first-order valence-corrected chi connectivity index (χ1v) is 8.41. The topological polar surface area (TPSA) is 116 Å². The van der Waals surface area contributed by atoms with Gasteiger partial charge in [0.15, 0.2) is 6.23 Å². The molecule has 1 aliphatic heterocycles. The van der Waals surface area contributed by atoms with Crippen LogP contribution >= 0.6 is 0 Å². The summed E-state index contributed by atoms with van der Waals surface area (Å²) < 4.78 is 5.10. The van der Waals surface area contributed by atoms with Crippen molar-refractivity contribution in [1.29, 1.82) is 0 Å². The first kappa shape index (κ1) is 19.7. The molecule has 1 heterocycles. The Kier molecular flexibility index (Phi) is 5.86. The first-order valence-electron chi connectivity index (χ1n) is 8.41. The van der Waals surface area contributed by atoms with E-state index >= 15 is 0 Å². The molecule has 1 unspecified atom stereocenters. The number of benzene rings is 1. The van der Waals surface area contributed by atoms with Crippen LogP contribution in [0.2, 0.25) is 0 Å². The standard InChI is InChI=1S/C18H24N2O6/c1-18(2,3)26-17(25)19-10-6-9-13(16(23)24)20-14(21)11-7-4-5-8-12(11)15(20)22/h4-5,7-8,13-14,21H,6,9-10H2,1-3H3,(H,19,25)(H,23,24)/t13-,14?/m0/s1. The average Bonchev–Trinajstić information content (AvgIpc) is 2.78. The predicted molar refractivity (Wildman–Crippen MR) is 92.5 cm³/mol. The minimum Gasteiger partial charge on any atom is -0.480 e. The van der Waals surface area contributed by atoms with Crippen molar-refractivity contribution in [3.05, 3.63) is 35.4 Å². The van der Waals surface area contributed by atoms with Crippen LogP contribution in [0.1, 0.15) is 55.8 Å². The van der Waals surface area contributed by atoms with Gasteiger partial charge in [-0.1, -0.05) is 18.2 Å². The van der Waals surface area contributed by atoms with Crippen molar-refractivity contribution in [3.63, 3.8) is 0 Å². The summed E-state index contributed by atoms with van der Waals surface area (Å²) in [4.78, 5) is 36.7. The molecule has 2 atom stereocenters. The summed E-state index contributed by atoms with van der Waals surface area (Å²) >= 11 is 0. The molecule has 3 N–H and O–H groups in total. The normalized spacial score (nSPS) is 17.6. The molecular formula is C18H24N2O6. The van der Waals surface area contributed by atoms with Crippen molar-refractivity contribution in [1.82, 2.24) is 10.2 Å². The molecule has 1 aromatic rings. The van der Waals surface area contributed by atoms with E-state index in [0.29, 0.717) is 17.5 Å². The van der Waals surface area contributed by atoms with Crippen molar-refractivity contribution in [3.8, 4) is 0 Å². The molecule has 0 fully saturated rings. The van der Waals surface area contributed by atoms with Gasteiger partial charge in [0, 0.05) is 17.7 Å². The monoisotopic (exact) mass is 364 g/mol. The van der Waals surface area contributed by atoms with Crippen molar-refractivity contribution in [2.75, 3.05) is 6.54 Å². The minimum atomic E-state index is -1.29. The van der Waals surface area contributed by atoms with Gasteiger partial charge < -0.3 is 20.3 Å². The molecule has 8 heteroatoms. The molecule has 2 rings (SSSR count). The summed E-state index contributed by atoms with van der Waals surface area (Å²) in [5, 5.41) is 22.4. The number of rotatable bonds is 6. The second-order valence-electron chi connectivity index (χ2n) is 7.10. The van der Waals surface area contributed by atoms with Crippen LogP contribution in [0.4, 0.5) is 4.79 Å². The zero-order valence-corrected chi connectivity index (χ0v) is 15.1. The van der Waals surface area contributed by atoms with Gasteiger partial charge in [-0.3, -0.25) is 9.69 Å². The Morgan fingerprint density at radius 3 is 2.54 bits per heavy atom. The average molecular weight is 364 g/mol. The third kappa shape index (κ3) is 4.51. The Morgan fingerprint density at radius 2 is 1.96 bits per heavy atom. The zero-order chi connectivity index (χ0) is 19.5. The maximum absolute atomic E-state index is 12.5. The van der Waals surface area contributed by atoms with Crippen LogP contribution in [0.25, 0.3) is 0 Å². The first-order chi connectivity index (χ1) is 12.1. The van der Waals surface area contributed by atoms with Gasteiger partial charge in [0.2, 0.25) is 0 Å². The second kappa shape index (κ2) is 7.74. The van der Waals surface area contributed by atoms with Crippen molar-refractivity contribution < 1.29 is 29.3 Å². The van der Waals surface area contributed by atoms with Crippen LogP contribution in [0.15, 0.2) is 24.3 Å². The van der Waals surface area contributed by atoms with Crippen LogP contribution in [-0.4, -0.2) is 51.3 Å². The van der Waals surface area contributed by atoms with E-state index in [1.807, 2.05) is 0 Å². The number of carboxylic acids is 1. The van der Waals surface area contributed by atoms with Gasteiger partial charge in [0.25, 0.3) is 5.91 Å². The van der Waals surface area contributed by atoms with Crippen molar-refractivity contribution in [2.24, 2.45) is 0 Å². The van der Waals surface area contributed by atoms with Gasteiger partial charge in [-0.2, -0.15) is 0 Å². The van der Waals surface area contributed by atoms with Gasteiger partial charge in [-0.05, 0) is 39.7 Å². The quantitative estimate of drug-likeness (QED) is 0.664. The molecule has 8 nitrogen and oxygen atoms in total. The van der Waals surface area contributed by atoms with Crippen LogP contribution in [-0.2, 0) is 9.53 Å². The highest BCUT2D eigenvalue weighted by atomic mass is 16.6. The van der Waals surface area contributed by atoms with Gasteiger partial charge >= 0.3 is 12.1 Å². The van der Waals surface area contributed by atoms with E-state index in [0.717, 1.165) is 4.90 Å². The Morgan fingerprint density at radius 1 is 1.31 bits per heavy atom. The SMILES string of the molecule is CC(C)(C)OC(=O)NCCC[C@@H](C(=O)O)N1C(=O)c2ccccc2C1O. The summed E-state index contributed by atoms with van der Waals surface area (Å²) in [6.45, 7) is 5.42. The molecule has 0 radical (unpaired) electrons. The summed E-state index contributed by atoms with van der Waals surface area (Å²) in [5.41, 5.74) is 0.0831. The number of carbonyl (C=O) groups is 3. The number of nitrogens with one attached hydrogen (secondary N) is 1. The van der Waals surface area contributed by atoms with Crippen molar-refractivity contribution in [2.45, 2.75) is 51.5 Å². The molecule has 142 valence electrons. The Bertz CT molecular complexity index is 697. The number of aliphatic carboxylic acids is 1. The van der Waals surface area contributed by atoms with Crippen LogP contribution in [0.3, 0.4) is 0 Å². The van der Waals surface area contributed by atoms with E-state index in [2.05, 4.69) is 5.32 Å². The number of aliphatic hydroxyl groups excluding tert-OH is 1. The number of aliphatic hydroxyl groups is 1. The Hall–Kier alpha value is -2.61. The smallest absolute Gasteiger partial charge is 0.407 e. The van der Waals surface area contributed by atoms with Gasteiger partial charge in [-0.15, -0.1) is 0 Å².